The highest BCUT2D eigenvalue weighted by molar-refractivity contribution is 7.91. The molecule has 0 amide bonds. The second-order valence-electron chi connectivity index (χ2n) is 6.20. The molecular formula is C14H28N2O2S. The van der Waals surface area contributed by atoms with Gasteiger partial charge in [-0.25, -0.2) is 8.42 Å². The Morgan fingerprint density at radius 3 is 2.79 bits per heavy atom. The molecule has 0 aromatic rings. The van der Waals surface area contributed by atoms with Gasteiger partial charge in [-0.3, -0.25) is 0 Å². The van der Waals surface area contributed by atoms with Crippen LogP contribution in [0.4, 0.5) is 0 Å². The fourth-order valence-corrected chi connectivity index (χ4v) is 5.10. The maximum absolute atomic E-state index is 11.7. The van der Waals surface area contributed by atoms with E-state index in [4.69, 9.17) is 0 Å². The first-order chi connectivity index (χ1) is 9.00. The van der Waals surface area contributed by atoms with Crippen molar-refractivity contribution in [2.45, 2.75) is 51.6 Å². The Kier molecular flexibility index (Phi) is 5.26. The Labute approximate surface area is 117 Å². The minimum Gasteiger partial charge on any atom is -0.310 e. The van der Waals surface area contributed by atoms with Gasteiger partial charge in [0.05, 0.1) is 11.5 Å². The van der Waals surface area contributed by atoms with Gasteiger partial charge in [-0.15, -0.1) is 0 Å². The molecule has 2 aliphatic rings. The van der Waals surface area contributed by atoms with Crippen LogP contribution in [-0.2, 0) is 9.84 Å². The van der Waals surface area contributed by atoms with Crippen molar-refractivity contribution in [3.05, 3.63) is 0 Å². The molecular weight excluding hydrogens is 260 g/mol. The summed E-state index contributed by atoms with van der Waals surface area (Å²) in [5, 5.41) is 3.58. The molecule has 112 valence electrons. The Bertz CT molecular complexity index is 383. The molecule has 0 bridgehead atoms. The minimum atomic E-state index is -2.80. The summed E-state index contributed by atoms with van der Waals surface area (Å²) in [5.74, 6) is 1.38. The first kappa shape index (κ1) is 15.3. The van der Waals surface area contributed by atoms with Crippen molar-refractivity contribution in [2.75, 3.05) is 31.1 Å². The van der Waals surface area contributed by atoms with Crippen LogP contribution in [0.25, 0.3) is 0 Å². The Balaban J connectivity index is 1.84. The van der Waals surface area contributed by atoms with Gasteiger partial charge in [0.1, 0.15) is 0 Å². The van der Waals surface area contributed by atoms with E-state index in [1.165, 1.54) is 19.4 Å². The van der Waals surface area contributed by atoms with E-state index >= 15 is 0 Å². The number of rotatable bonds is 4. The quantitative estimate of drug-likeness (QED) is 0.846. The van der Waals surface area contributed by atoms with Gasteiger partial charge in [-0.2, -0.15) is 0 Å². The van der Waals surface area contributed by atoms with E-state index in [9.17, 15) is 8.42 Å². The predicted octanol–water partition coefficient (Wildman–Crippen LogP) is 1.27. The molecule has 3 unspecified atom stereocenters. The SMILES string of the molecule is CCN1CCCC(C(C)NC2CCCS(=O)(=O)C2)C1. The van der Waals surface area contributed by atoms with Crippen LogP contribution in [-0.4, -0.2) is 56.5 Å². The number of likely N-dealkylation sites (tertiary alicyclic amines) is 1. The van der Waals surface area contributed by atoms with Gasteiger partial charge in [-0.05, 0) is 51.6 Å². The van der Waals surface area contributed by atoms with Crippen LogP contribution >= 0.6 is 0 Å². The van der Waals surface area contributed by atoms with Crippen molar-refractivity contribution in [2.24, 2.45) is 5.92 Å². The molecule has 2 rings (SSSR count). The van der Waals surface area contributed by atoms with Crippen molar-refractivity contribution < 1.29 is 8.42 Å². The van der Waals surface area contributed by atoms with Crippen LogP contribution in [0.5, 0.6) is 0 Å². The zero-order chi connectivity index (χ0) is 13.9. The van der Waals surface area contributed by atoms with Crippen LogP contribution in [0, 0.1) is 5.92 Å². The minimum absolute atomic E-state index is 0.172. The number of nitrogens with zero attached hydrogens (tertiary/aromatic N) is 1. The van der Waals surface area contributed by atoms with Gasteiger partial charge >= 0.3 is 0 Å². The lowest BCUT2D eigenvalue weighted by Gasteiger charge is -2.37. The van der Waals surface area contributed by atoms with Crippen molar-refractivity contribution in [3.8, 4) is 0 Å². The van der Waals surface area contributed by atoms with Crippen LogP contribution in [0.2, 0.25) is 0 Å². The first-order valence-electron chi connectivity index (χ1n) is 7.69. The first-order valence-corrected chi connectivity index (χ1v) is 9.51. The van der Waals surface area contributed by atoms with Gasteiger partial charge in [0, 0.05) is 18.6 Å². The van der Waals surface area contributed by atoms with Crippen LogP contribution in [0.3, 0.4) is 0 Å². The molecule has 0 aromatic carbocycles. The van der Waals surface area contributed by atoms with Gasteiger partial charge in [-0.1, -0.05) is 6.92 Å². The third-order valence-electron chi connectivity index (χ3n) is 4.66. The molecule has 0 saturated carbocycles. The summed E-state index contributed by atoms with van der Waals surface area (Å²) in [5.41, 5.74) is 0. The van der Waals surface area contributed by atoms with E-state index in [1.807, 2.05) is 0 Å². The summed E-state index contributed by atoms with van der Waals surface area (Å²) < 4.78 is 23.3. The molecule has 3 atom stereocenters. The van der Waals surface area contributed by atoms with Gasteiger partial charge in [0.25, 0.3) is 0 Å². The summed E-state index contributed by atoms with van der Waals surface area (Å²) in [4.78, 5) is 2.50. The highest BCUT2D eigenvalue weighted by Gasteiger charge is 2.29. The van der Waals surface area contributed by atoms with Crippen molar-refractivity contribution >= 4 is 9.84 Å². The summed E-state index contributed by atoms with van der Waals surface area (Å²) in [7, 11) is -2.80. The lowest BCUT2D eigenvalue weighted by atomic mass is 9.91. The third kappa shape index (κ3) is 4.43. The van der Waals surface area contributed by atoms with Gasteiger partial charge in [0.2, 0.25) is 0 Å². The van der Waals surface area contributed by atoms with Crippen molar-refractivity contribution in [1.29, 1.82) is 0 Å². The number of hydrogen-bond donors (Lipinski definition) is 1. The average Bonchev–Trinajstić information content (AvgIpc) is 2.37. The highest BCUT2D eigenvalue weighted by atomic mass is 32.2. The Morgan fingerprint density at radius 1 is 1.32 bits per heavy atom. The molecule has 2 saturated heterocycles. The topological polar surface area (TPSA) is 49.4 Å². The Morgan fingerprint density at radius 2 is 2.11 bits per heavy atom. The molecule has 19 heavy (non-hydrogen) atoms. The third-order valence-corrected chi connectivity index (χ3v) is 6.48. The monoisotopic (exact) mass is 288 g/mol. The molecule has 0 aromatic heterocycles. The number of hydrogen-bond acceptors (Lipinski definition) is 4. The molecule has 2 aliphatic heterocycles. The van der Waals surface area contributed by atoms with Gasteiger partial charge in [0.15, 0.2) is 9.84 Å². The van der Waals surface area contributed by atoms with E-state index in [-0.39, 0.29) is 6.04 Å². The molecule has 5 heteroatoms. The summed E-state index contributed by atoms with van der Waals surface area (Å²) >= 11 is 0. The molecule has 2 fully saturated rings. The number of piperidine rings is 1. The van der Waals surface area contributed by atoms with Crippen molar-refractivity contribution in [3.63, 3.8) is 0 Å². The smallest absolute Gasteiger partial charge is 0.151 e. The largest absolute Gasteiger partial charge is 0.310 e. The van der Waals surface area contributed by atoms with Crippen LogP contribution in [0.1, 0.15) is 39.5 Å². The molecule has 0 radical (unpaired) electrons. The number of nitrogens with one attached hydrogen (secondary N) is 1. The van der Waals surface area contributed by atoms with E-state index in [1.54, 1.807) is 0 Å². The summed E-state index contributed by atoms with van der Waals surface area (Å²) in [6.07, 6.45) is 4.36. The normalized spacial score (nSPS) is 34.0. The molecule has 4 nitrogen and oxygen atoms in total. The maximum Gasteiger partial charge on any atom is 0.151 e. The Hall–Kier alpha value is -0.130. The zero-order valence-electron chi connectivity index (χ0n) is 12.3. The zero-order valence-corrected chi connectivity index (χ0v) is 13.1. The summed E-state index contributed by atoms with van der Waals surface area (Å²) in [6, 6.07) is 0.596. The number of sulfone groups is 1. The van der Waals surface area contributed by atoms with E-state index in [0.29, 0.717) is 23.5 Å². The highest BCUT2D eigenvalue weighted by Crippen LogP contribution is 2.21. The summed E-state index contributed by atoms with van der Waals surface area (Å²) in [6.45, 7) is 7.95. The fraction of sp³-hybridized carbons (Fsp3) is 1.00. The van der Waals surface area contributed by atoms with E-state index in [0.717, 1.165) is 25.9 Å². The average molecular weight is 288 g/mol. The lowest BCUT2D eigenvalue weighted by Crippen LogP contribution is -2.50. The fourth-order valence-electron chi connectivity index (χ4n) is 3.45. The maximum atomic E-state index is 11.7. The molecule has 0 spiro atoms. The second kappa shape index (κ2) is 6.55. The van der Waals surface area contributed by atoms with Crippen LogP contribution in [0.15, 0.2) is 0 Å². The van der Waals surface area contributed by atoms with E-state index in [2.05, 4.69) is 24.1 Å². The van der Waals surface area contributed by atoms with E-state index < -0.39 is 9.84 Å². The standard InChI is InChI=1S/C14H28N2O2S/c1-3-16-8-4-6-13(10-16)12(2)15-14-7-5-9-19(17,18)11-14/h12-15H,3-11H2,1-2H3. The lowest BCUT2D eigenvalue weighted by molar-refractivity contribution is 0.152. The second-order valence-corrected chi connectivity index (χ2v) is 8.43. The molecule has 1 N–H and O–H groups in total. The van der Waals surface area contributed by atoms with Crippen LogP contribution < -0.4 is 5.32 Å². The molecule has 0 aliphatic carbocycles. The molecule has 2 heterocycles. The van der Waals surface area contributed by atoms with Crippen molar-refractivity contribution in [1.82, 2.24) is 10.2 Å². The predicted molar refractivity (Wildman–Crippen MR) is 79.1 cm³/mol. The van der Waals surface area contributed by atoms with Gasteiger partial charge < -0.3 is 10.2 Å².